The predicted octanol–water partition coefficient (Wildman–Crippen LogP) is 0.569. The molecular formula is C15H13N5O5S. The fraction of sp³-hybridized carbons (Fsp3) is 0.133. The number of thioether (sulfide) groups is 1. The molecule has 11 heteroatoms. The van der Waals surface area contributed by atoms with Gasteiger partial charge in [-0.05, 0) is 12.1 Å². The Kier molecular flexibility index (Phi) is 4.89. The number of benzene rings is 1. The number of esters is 1. The summed E-state index contributed by atoms with van der Waals surface area (Å²) in [5.41, 5.74) is -0.296. The highest BCUT2D eigenvalue weighted by molar-refractivity contribution is 7.99. The van der Waals surface area contributed by atoms with E-state index in [1.807, 2.05) is 4.98 Å². The number of aromatic nitrogens is 5. The molecule has 0 saturated heterocycles. The van der Waals surface area contributed by atoms with Crippen molar-refractivity contribution in [3.05, 3.63) is 56.7 Å². The van der Waals surface area contributed by atoms with E-state index < -0.39 is 17.2 Å². The van der Waals surface area contributed by atoms with Crippen molar-refractivity contribution in [2.24, 2.45) is 0 Å². The van der Waals surface area contributed by atoms with Crippen molar-refractivity contribution in [1.82, 2.24) is 25.1 Å². The highest BCUT2D eigenvalue weighted by atomic mass is 32.2. The van der Waals surface area contributed by atoms with Gasteiger partial charge in [0.15, 0.2) is 5.03 Å². The lowest BCUT2D eigenvalue weighted by Crippen LogP contribution is -2.25. The molecule has 134 valence electrons. The minimum atomic E-state index is -0.787. The Balaban J connectivity index is 1.96. The lowest BCUT2D eigenvalue weighted by Gasteiger charge is -2.06. The van der Waals surface area contributed by atoms with E-state index in [1.54, 1.807) is 24.3 Å². The molecule has 0 radical (unpaired) electrons. The van der Waals surface area contributed by atoms with Crippen LogP contribution in [0.5, 0.6) is 0 Å². The first-order chi connectivity index (χ1) is 12.5. The minimum absolute atomic E-state index is 0.0648. The molecule has 0 aliphatic rings. The Morgan fingerprint density at radius 2 is 2.04 bits per heavy atom. The second-order valence-electron chi connectivity index (χ2n) is 5.02. The monoisotopic (exact) mass is 375 g/mol. The van der Waals surface area contributed by atoms with Crippen LogP contribution in [0.2, 0.25) is 0 Å². The maximum atomic E-state index is 12.1. The summed E-state index contributed by atoms with van der Waals surface area (Å²) >= 11 is 0.839. The average Bonchev–Trinajstić information content (AvgIpc) is 3.04. The van der Waals surface area contributed by atoms with Crippen LogP contribution in [0.15, 0.2) is 44.6 Å². The highest BCUT2D eigenvalue weighted by Gasteiger charge is 2.22. The summed E-state index contributed by atoms with van der Waals surface area (Å²) in [6.07, 6.45) is 0. The molecule has 0 fully saturated rings. The summed E-state index contributed by atoms with van der Waals surface area (Å²) in [4.78, 5) is 43.9. The Hall–Kier alpha value is -3.34. The fourth-order valence-corrected chi connectivity index (χ4v) is 2.88. The molecule has 0 bridgehead atoms. The van der Waals surface area contributed by atoms with Crippen molar-refractivity contribution < 1.29 is 14.6 Å². The van der Waals surface area contributed by atoms with Gasteiger partial charge in [0.2, 0.25) is 0 Å². The second kappa shape index (κ2) is 7.27. The van der Waals surface area contributed by atoms with Gasteiger partial charge in [-0.2, -0.15) is 5.10 Å². The van der Waals surface area contributed by atoms with Crippen molar-refractivity contribution in [2.75, 3.05) is 12.9 Å². The minimum Gasteiger partial charge on any atom is -0.510 e. The van der Waals surface area contributed by atoms with Gasteiger partial charge in [0, 0.05) is 0 Å². The number of rotatable bonds is 5. The highest BCUT2D eigenvalue weighted by Crippen LogP contribution is 2.23. The molecular weight excluding hydrogens is 362 g/mol. The van der Waals surface area contributed by atoms with E-state index >= 15 is 0 Å². The number of hydrogen-bond acceptors (Lipinski definition) is 8. The molecule has 0 unspecified atom stereocenters. The Morgan fingerprint density at radius 1 is 1.27 bits per heavy atom. The number of carbonyl (C=O) groups excluding carboxylic acids is 1. The van der Waals surface area contributed by atoms with Gasteiger partial charge in [-0.1, -0.05) is 23.9 Å². The Bertz CT molecular complexity index is 1080. The molecule has 0 amide bonds. The van der Waals surface area contributed by atoms with Crippen LogP contribution in [0.25, 0.3) is 16.6 Å². The standard InChI is InChI=1S/C15H13N5O5S/c1-25-14(23)10(11-16-7-4-2-3-5-8(7)17-11)9(21)6-26-13-12(22)18-15(24)20-19-13/h2-5,21H,6H2,1H3,(H,16,17)(H2,18,20,22,24). The topological polar surface area (TPSA) is 154 Å². The number of hydrogen-bond donors (Lipinski definition) is 4. The van der Waals surface area contributed by atoms with Crippen LogP contribution in [0.3, 0.4) is 0 Å². The number of aliphatic hydroxyl groups excluding tert-OH is 1. The third-order valence-corrected chi connectivity index (χ3v) is 4.30. The molecule has 0 atom stereocenters. The van der Waals surface area contributed by atoms with Gasteiger partial charge >= 0.3 is 11.7 Å². The summed E-state index contributed by atoms with van der Waals surface area (Å²) in [6, 6.07) is 7.12. The average molecular weight is 375 g/mol. The maximum absolute atomic E-state index is 12.1. The molecule has 10 nitrogen and oxygen atoms in total. The maximum Gasteiger partial charge on any atom is 0.345 e. The van der Waals surface area contributed by atoms with Crippen molar-refractivity contribution in [2.45, 2.75) is 5.03 Å². The summed E-state index contributed by atoms with van der Waals surface area (Å²) in [5, 5.41) is 16.0. The molecule has 2 heterocycles. The van der Waals surface area contributed by atoms with E-state index in [4.69, 9.17) is 4.74 Å². The quantitative estimate of drug-likeness (QED) is 0.218. The zero-order valence-corrected chi connectivity index (χ0v) is 14.2. The molecule has 4 N–H and O–H groups in total. The van der Waals surface area contributed by atoms with Gasteiger partial charge in [-0.15, -0.1) is 0 Å². The number of methoxy groups -OCH3 is 1. The van der Waals surface area contributed by atoms with E-state index in [0.717, 1.165) is 11.8 Å². The SMILES string of the molecule is COC(=O)C(=C(O)CSc1n[nH]c(=O)[nH]c1=O)c1nc2ccccc2[nH]1. The lowest BCUT2D eigenvalue weighted by atomic mass is 10.2. The van der Waals surface area contributed by atoms with E-state index in [9.17, 15) is 19.5 Å². The van der Waals surface area contributed by atoms with E-state index in [2.05, 4.69) is 20.2 Å². The van der Waals surface area contributed by atoms with Crippen LogP contribution >= 0.6 is 11.8 Å². The number of aliphatic hydroxyl groups is 1. The number of imidazole rings is 1. The van der Waals surface area contributed by atoms with Gasteiger partial charge in [-0.25, -0.2) is 19.7 Å². The zero-order chi connectivity index (χ0) is 18.7. The van der Waals surface area contributed by atoms with Gasteiger partial charge in [0.05, 0.1) is 23.9 Å². The first-order valence-corrected chi connectivity index (χ1v) is 8.25. The Morgan fingerprint density at radius 3 is 2.73 bits per heavy atom. The first kappa shape index (κ1) is 17.5. The second-order valence-corrected chi connectivity index (χ2v) is 5.98. The largest absolute Gasteiger partial charge is 0.510 e. The third kappa shape index (κ3) is 3.52. The van der Waals surface area contributed by atoms with Crippen molar-refractivity contribution in [1.29, 1.82) is 0 Å². The van der Waals surface area contributed by atoms with E-state index in [1.165, 1.54) is 7.11 Å². The van der Waals surface area contributed by atoms with E-state index in [0.29, 0.717) is 11.0 Å². The number of fused-ring (bicyclic) bond motifs is 1. The van der Waals surface area contributed by atoms with Crippen molar-refractivity contribution in [3.8, 4) is 0 Å². The zero-order valence-electron chi connectivity index (χ0n) is 13.4. The number of aromatic amines is 3. The molecule has 0 saturated carbocycles. The van der Waals surface area contributed by atoms with Crippen LogP contribution in [0, 0.1) is 0 Å². The van der Waals surface area contributed by atoms with Crippen LogP contribution < -0.4 is 11.2 Å². The number of para-hydroxylation sites is 2. The fourth-order valence-electron chi connectivity index (χ4n) is 2.17. The smallest absolute Gasteiger partial charge is 0.345 e. The summed E-state index contributed by atoms with van der Waals surface area (Å²) in [5.74, 6) is -1.16. The molecule has 26 heavy (non-hydrogen) atoms. The lowest BCUT2D eigenvalue weighted by molar-refractivity contribution is -0.133. The predicted molar refractivity (Wildman–Crippen MR) is 93.9 cm³/mol. The number of nitrogens with zero attached hydrogens (tertiary/aromatic N) is 2. The summed E-state index contributed by atoms with van der Waals surface area (Å²) < 4.78 is 4.72. The first-order valence-electron chi connectivity index (χ1n) is 7.27. The third-order valence-electron chi connectivity index (χ3n) is 3.33. The number of ether oxygens (including phenoxy) is 1. The summed E-state index contributed by atoms with van der Waals surface area (Å²) in [7, 11) is 1.18. The van der Waals surface area contributed by atoms with E-state index in [-0.39, 0.29) is 27.9 Å². The van der Waals surface area contributed by atoms with Crippen LogP contribution in [-0.4, -0.2) is 49.1 Å². The van der Waals surface area contributed by atoms with Gasteiger partial charge in [0.1, 0.15) is 17.2 Å². The molecule has 0 aliphatic heterocycles. The number of carbonyl (C=O) groups is 1. The van der Waals surface area contributed by atoms with Crippen molar-refractivity contribution >= 4 is 34.3 Å². The molecule has 3 rings (SSSR count). The molecule has 2 aromatic heterocycles. The van der Waals surface area contributed by atoms with Gasteiger partial charge in [0.25, 0.3) is 5.56 Å². The molecule has 3 aromatic rings. The van der Waals surface area contributed by atoms with Gasteiger partial charge < -0.3 is 14.8 Å². The summed E-state index contributed by atoms with van der Waals surface area (Å²) in [6.45, 7) is 0. The Labute approximate surface area is 149 Å². The normalized spacial score (nSPS) is 12.0. The van der Waals surface area contributed by atoms with Gasteiger partial charge in [-0.3, -0.25) is 9.78 Å². The van der Waals surface area contributed by atoms with Crippen LogP contribution in [0.4, 0.5) is 0 Å². The molecule has 0 aliphatic carbocycles. The molecule has 0 spiro atoms. The number of H-pyrrole nitrogens is 3. The van der Waals surface area contributed by atoms with Crippen LogP contribution in [-0.2, 0) is 9.53 Å². The van der Waals surface area contributed by atoms with Crippen LogP contribution in [0.1, 0.15) is 5.82 Å². The van der Waals surface area contributed by atoms with Crippen molar-refractivity contribution in [3.63, 3.8) is 0 Å². The molecule has 1 aromatic carbocycles. The number of nitrogens with one attached hydrogen (secondary N) is 3.